The van der Waals surface area contributed by atoms with Gasteiger partial charge in [0, 0.05) is 45.3 Å². The van der Waals surface area contributed by atoms with Gasteiger partial charge < -0.3 is 9.64 Å². The first-order chi connectivity index (χ1) is 10.8. The van der Waals surface area contributed by atoms with Gasteiger partial charge in [0.2, 0.25) is 0 Å². The van der Waals surface area contributed by atoms with Crippen molar-refractivity contribution in [2.45, 2.75) is 0 Å². The number of benzene rings is 1. The largest absolute Gasteiger partial charge is 0.496 e. The van der Waals surface area contributed by atoms with E-state index in [1.165, 1.54) is 29.8 Å². The summed E-state index contributed by atoms with van der Waals surface area (Å²) >= 11 is 5.96. The Labute approximate surface area is 141 Å². The van der Waals surface area contributed by atoms with E-state index in [2.05, 4.69) is 0 Å². The summed E-state index contributed by atoms with van der Waals surface area (Å²) in [5, 5.41) is 0.447. The minimum atomic E-state index is -3.45. The van der Waals surface area contributed by atoms with Crippen molar-refractivity contribution in [3.8, 4) is 5.75 Å². The molecule has 128 valence electrons. The molecule has 0 aromatic heterocycles. The number of piperazine rings is 1. The number of amides is 1. The molecule has 0 radical (unpaired) electrons. The van der Waals surface area contributed by atoms with Crippen LogP contribution in [-0.4, -0.2) is 75.2 Å². The normalized spacial score (nSPS) is 16.7. The number of halogens is 1. The van der Waals surface area contributed by atoms with Gasteiger partial charge in [-0.1, -0.05) is 11.6 Å². The quantitative estimate of drug-likeness (QED) is 0.799. The lowest BCUT2D eigenvalue weighted by molar-refractivity contribution is 0.0692. The summed E-state index contributed by atoms with van der Waals surface area (Å²) in [6, 6.07) is 4.85. The van der Waals surface area contributed by atoms with E-state index in [4.69, 9.17) is 16.3 Å². The Balaban J connectivity index is 2.12. The Bertz CT molecular complexity index is 685. The first-order valence-electron chi connectivity index (χ1n) is 7.07. The van der Waals surface area contributed by atoms with E-state index in [1.54, 1.807) is 23.1 Å². The minimum Gasteiger partial charge on any atom is -0.496 e. The predicted octanol–water partition coefficient (Wildman–Crippen LogP) is 0.913. The van der Waals surface area contributed by atoms with Crippen LogP contribution in [0.25, 0.3) is 0 Å². The number of carbonyl (C=O) groups is 1. The van der Waals surface area contributed by atoms with Gasteiger partial charge in [-0.15, -0.1) is 0 Å². The van der Waals surface area contributed by atoms with Crippen LogP contribution >= 0.6 is 11.6 Å². The summed E-state index contributed by atoms with van der Waals surface area (Å²) in [5.41, 5.74) is 0.379. The molecule has 1 aliphatic rings. The van der Waals surface area contributed by atoms with Gasteiger partial charge in [0.1, 0.15) is 5.75 Å². The van der Waals surface area contributed by atoms with Crippen molar-refractivity contribution in [1.29, 1.82) is 0 Å². The van der Waals surface area contributed by atoms with E-state index in [9.17, 15) is 13.2 Å². The zero-order valence-corrected chi connectivity index (χ0v) is 14.9. The summed E-state index contributed by atoms with van der Waals surface area (Å²) in [4.78, 5) is 14.2. The first-order valence-corrected chi connectivity index (χ1v) is 8.85. The second kappa shape index (κ2) is 7.04. The molecular formula is C14H20ClN3O4S. The fourth-order valence-electron chi connectivity index (χ4n) is 2.37. The van der Waals surface area contributed by atoms with Crippen LogP contribution in [0.15, 0.2) is 18.2 Å². The number of carbonyl (C=O) groups excluding carboxylic acids is 1. The van der Waals surface area contributed by atoms with Crippen molar-refractivity contribution < 1.29 is 17.9 Å². The van der Waals surface area contributed by atoms with E-state index in [-0.39, 0.29) is 19.0 Å². The Morgan fingerprint density at radius 2 is 1.83 bits per heavy atom. The van der Waals surface area contributed by atoms with Crippen LogP contribution in [0.2, 0.25) is 5.02 Å². The molecule has 0 saturated carbocycles. The molecule has 1 heterocycles. The van der Waals surface area contributed by atoms with Crippen LogP contribution in [0.3, 0.4) is 0 Å². The summed E-state index contributed by atoms with van der Waals surface area (Å²) in [6.07, 6.45) is 0. The van der Waals surface area contributed by atoms with E-state index < -0.39 is 10.2 Å². The average molecular weight is 362 g/mol. The highest BCUT2D eigenvalue weighted by atomic mass is 35.5. The van der Waals surface area contributed by atoms with E-state index >= 15 is 0 Å². The smallest absolute Gasteiger partial charge is 0.281 e. The summed E-state index contributed by atoms with van der Waals surface area (Å²) < 4.78 is 31.9. The lowest BCUT2D eigenvalue weighted by atomic mass is 10.1. The zero-order chi connectivity index (χ0) is 17.2. The number of hydrogen-bond donors (Lipinski definition) is 0. The van der Waals surface area contributed by atoms with Crippen LogP contribution in [0, 0.1) is 0 Å². The maximum atomic E-state index is 12.6. The molecule has 1 aromatic carbocycles. The molecule has 0 spiro atoms. The van der Waals surface area contributed by atoms with Crippen LogP contribution in [-0.2, 0) is 10.2 Å². The fraction of sp³-hybridized carbons (Fsp3) is 0.500. The summed E-state index contributed by atoms with van der Waals surface area (Å²) in [6.45, 7) is 1.16. The summed E-state index contributed by atoms with van der Waals surface area (Å²) in [5.74, 6) is 0.231. The van der Waals surface area contributed by atoms with Crippen LogP contribution in [0.1, 0.15) is 10.4 Å². The summed E-state index contributed by atoms with van der Waals surface area (Å²) in [7, 11) is 1.02. The molecule has 0 aliphatic carbocycles. The molecule has 1 aromatic rings. The van der Waals surface area contributed by atoms with Crippen LogP contribution < -0.4 is 4.74 Å². The van der Waals surface area contributed by atoms with Gasteiger partial charge in [0.25, 0.3) is 16.1 Å². The molecule has 1 amide bonds. The number of methoxy groups -OCH3 is 1. The third kappa shape index (κ3) is 3.77. The standard InChI is InChI=1S/C14H20ClN3O4S/c1-16(2)23(20,21)18-8-6-17(7-9-18)14(19)12-10-11(15)4-5-13(12)22-3/h4-5,10H,6-9H2,1-3H3. The zero-order valence-electron chi connectivity index (χ0n) is 13.3. The molecule has 23 heavy (non-hydrogen) atoms. The predicted molar refractivity (Wildman–Crippen MR) is 88.1 cm³/mol. The lowest BCUT2D eigenvalue weighted by Gasteiger charge is -2.35. The highest BCUT2D eigenvalue weighted by Gasteiger charge is 2.31. The molecule has 1 fully saturated rings. The van der Waals surface area contributed by atoms with Crippen LogP contribution in [0.4, 0.5) is 0 Å². The molecular weight excluding hydrogens is 342 g/mol. The molecule has 0 N–H and O–H groups in total. The lowest BCUT2D eigenvalue weighted by Crippen LogP contribution is -2.53. The van der Waals surface area contributed by atoms with Gasteiger partial charge in [0.05, 0.1) is 12.7 Å². The van der Waals surface area contributed by atoms with Crippen molar-refractivity contribution in [2.75, 3.05) is 47.4 Å². The van der Waals surface area contributed by atoms with Crippen molar-refractivity contribution in [1.82, 2.24) is 13.5 Å². The topological polar surface area (TPSA) is 70.2 Å². The van der Waals surface area contributed by atoms with Gasteiger partial charge in [-0.3, -0.25) is 4.79 Å². The van der Waals surface area contributed by atoms with Gasteiger partial charge in [-0.25, -0.2) is 0 Å². The van der Waals surface area contributed by atoms with E-state index in [1.807, 2.05) is 0 Å². The molecule has 1 aliphatic heterocycles. The Kier molecular flexibility index (Phi) is 5.51. The van der Waals surface area contributed by atoms with Gasteiger partial charge >= 0.3 is 0 Å². The number of nitrogens with zero attached hydrogens (tertiary/aromatic N) is 3. The Hall–Kier alpha value is -1.35. The molecule has 7 nitrogen and oxygen atoms in total. The van der Waals surface area contributed by atoms with Gasteiger partial charge in [-0.2, -0.15) is 17.0 Å². The first kappa shape index (κ1) is 18.0. The second-order valence-corrected chi connectivity index (χ2v) is 7.90. The fourth-order valence-corrected chi connectivity index (χ4v) is 3.63. The van der Waals surface area contributed by atoms with Crippen LogP contribution in [0.5, 0.6) is 5.75 Å². The third-order valence-corrected chi connectivity index (χ3v) is 5.88. The molecule has 2 rings (SSSR count). The molecule has 1 saturated heterocycles. The van der Waals surface area contributed by atoms with Crippen molar-refractivity contribution >= 4 is 27.7 Å². The molecule has 0 atom stereocenters. The highest BCUT2D eigenvalue weighted by molar-refractivity contribution is 7.86. The highest BCUT2D eigenvalue weighted by Crippen LogP contribution is 2.24. The maximum Gasteiger partial charge on any atom is 0.281 e. The van der Waals surface area contributed by atoms with Crippen molar-refractivity contribution in [3.63, 3.8) is 0 Å². The number of ether oxygens (including phenoxy) is 1. The second-order valence-electron chi connectivity index (χ2n) is 5.33. The Morgan fingerprint density at radius 3 is 2.35 bits per heavy atom. The van der Waals surface area contributed by atoms with Gasteiger partial charge in [-0.05, 0) is 18.2 Å². The third-order valence-electron chi connectivity index (χ3n) is 3.71. The van der Waals surface area contributed by atoms with Crippen molar-refractivity contribution in [3.05, 3.63) is 28.8 Å². The van der Waals surface area contributed by atoms with Crippen molar-refractivity contribution in [2.24, 2.45) is 0 Å². The maximum absolute atomic E-state index is 12.6. The minimum absolute atomic E-state index is 0.216. The molecule has 0 bridgehead atoms. The number of rotatable bonds is 4. The van der Waals surface area contributed by atoms with Gasteiger partial charge in [0.15, 0.2) is 0 Å². The molecule has 9 heteroatoms. The number of hydrogen-bond acceptors (Lipinski definition) is 4. The van der Waals surface area contributed by atoms with E-state index in [0.29, 0.717) is 29.4 Å². The SMILES string of the molecule is COc1ccc(Cl)cc1C(=O)N1CCN(S(=O)(=O)N(C)C)CC1. The average Bonchev–Trinajstić information content (AvgIpc) is 2.54. The Morgan fingerprint density at radius 1 is 1.22 bits per heavy atom. The van der Waals surface area contributed by atoms with E-state index in [0.717, 1.165) is 0 Å². The monoisotopic (exact) mass is 361 g/mol. The molecule has 0 unspecified atom stereocenters.